The fourth-order valence-electron chi connectivity index (χ4n) is 2.37. The second-order valence-electron chi connectivity index (χ2n) is 5.87. The summed E-state index contributed by atoms with van der Waals surface area (Å²) in [6, 6.07) is 15.5. The molecule has 0 saturated carbocycles. The lowest BCUT2D eigenvalue weighted by Gasteiger charge is -2.12. The fourth-order valence-corrected chi connectivity index (χ4v) is 2.37. The molecule has 0 bridgehead atoms. The van der Waals surface area contributed by atoms with E-state index in [0.29, 0.717) is 17.9 Å². The zero-order chi connectivity index (χ0) is 17.8. The van der Waals surface area contributed by atoms with Gasteiger partial charge in [-0.3, -0.25) is 4.79 Å². The van der Waals surface area contributed by atoms with Gasteiger partial charge in [0, 0.05) is 32.5 Å². The summed E-state index contributed by atoms with van der Waals surface area (Å²) < 4.78 is 14.5. The minimum absolute atomic E-state index is 0.252. The molecule has 6 heteroatoms. The van der Waals surface area contributed by atoms with Crippen molar-refractivity contribution in [2.45, 2.75) is 6.54 Å². The van der Waals surface area contributed by atoms with Gasteiger partial charge in [0.15, 0.2) is 5.69 Å². The lowest BCUT2D eigenvalue weighted by atomic mass is 10.2. The highest BCUT2D eigenvalue weighted by Gasteiger charge is 2.10. The van der Waals surface area contributed by atoms with Crippen LogP contribution in [0.5, 0.6) is 0 Å². The van der Waals surface area contributed by atoms with Gasteiger partial charge in [0.25, 0.3) is 5.91 Å². The van der Waals surface area contributed by atoms with Crippen LogP contribution in [0.4, 0.5) is 10.1 Å². The largest absolute Gasteiger partial charge is 0.378 e. The van der Waals surface area contributed by atoms with Gasteiger partial charge >= 0.3 is 0 Å². The van der Waals surface area contributed by atoms with Gasteiger partial charge in [-0.15, -0.1) is 0 Å². The standard InChI is InChI=1S/C19H19FN4O/c1-23(2)16-7-3-14(4-8-16)13-21-19(25)18-11-12-24(22-18)17-9-5-15(20)6-10-17/h3-12H,13H2,1-2H3,(H,21,25). The summed E-state index contributed by atoms with van der Waals surface area (Å²) >= 11 is 0. The van der Waals surface area contributed by atoms with Crippen molar-refractivity contribution in [3.63, 3.8) is 0 Å². The molecular weight excluding hydrogens is 319 g/mol. The van der Waals surface area contributed by atoms with Crippen molar-refractivity contribution in [2.75, 3.05) is 19.0 Å². The Morgan fingerprint density at radius 1 is 1.08 bits per heavy atom. The van der Waals surface area contributed by atoms with E-state index in [1.807, 2.05) is 43.3 Å². The number of hydrogen-bond acceptors (Lipinski definition) is 3. The number of rotatable bonds is 5. The zero-order valence-electron chi connectivity index (χ0n) is 14.1. The Balaban J connectivity index is 1.63. The van der Waals surface area contributed by atoms with E-state index >= 15 is 0 Å². The predicted octanol–water partition coefficient (Wildman–Crippen LogP) is 3.01. The molecule has 0 fully saturated rings. The van der Waals surface area contributed by atoms with Gasteiger partial charge in [-0.1, -0.05) is 12.1 Å². The molecule has 0 aliphatic rings. The Labute approximate surface area is 145 Å². The molecule has 3 rings (SSSR count). The van der Waals surface area contributed by atoms with Crippen LogP contribution in [0.2, 0.25) is 0 Å². The number of nitrogens with zero attached hydrogens (tertiary/aromatic N) is 3. The van der Waals surface area contributed by atoms with Gasteiger partial charge in [-0.2, -0.15) is 5.10 Å². The fraction of sp³-hybridized carbons (Fsp3) is 0.158. The number of aromatic nitrogens is 2. The summed E-state index contributed by atoms with van der Waals surface area (Å²) in [6.45, 7) is 0.427. The van der Waals surface area contributed by atoms with E-state index in [-0.39, 0.29) is 11.7 Å². The third-order valence-electron chi connectivity index (χ3n) is 3.82. The van der Waals surface area contributed by atoms with Crippen LogP contribution in [0.25, 0.3) is 5.69 Å². The number of carbonyl (C=O) groups is 1. The first-order chi connectivity index (χ1) is 12.0. The molecule has 1 amide bonds. The van der Waals surface area contributed by atoms with E-state index in [4.69, 9.17) is 0 Å². The maximum absolute atomic E-state index is 13.0. The Bertz CT molecular complexity index is 854. The van der Waals surface area contributed by atoms with Crippen LogP contribution in [0.1, 0.15) is 16.1 Å². The van der Waals surface area contributed by atoms with E-state index in [0.717, 1.165) is 11.3 Å². The SMILES string of the molecule is CN(C)c1ccc(CNC(=O)c2ccn(-c3ccc(F)cc3)n2)cc1. The van der Waals surface area contributed by atoms with Crippen molar-refractivity contribution in [2.24, 2.45) is 0 Å². The van der Waals surface area contributed by atoms with Crippen molar-refractivity contribution >= 4 is 11.6 Å². The topological polar surface area (TPSA) is 50.2 Å². The van der Waals surface area contributed by atoms with Crippen molar-refractivity contribution < 1.29 is 9.18 Å². The maximum atomic E-state index is 13.0. The van der Waals surface area contributed by atoms with Crippen LogP contribution in [0.3, 0.4) is 0 Å². The first kappa shape index (κ1) is 16.7. The van der Waals surface area contributed by atoms with E-state index in [1.54, 1.807) is 29.1 Å². The molecule has 1 aromatic heterocycles. The van der Waals surface area contributed by atoms with Crippen molar-refractivity contribution in [3.8, 4) is 5.69 Å². The number of carbonyl (C=O) groups excluding carboxylic acids is 1. The van der Waals surface area contributed by atoms with E-state index in [2.05, 4.69) is 10.4 Å². The number of nitrogens with one attached hydrogen (secondary N) is 1. The van der Waals surface area contributed by atoms with Gasteiger partial charge in [-0.25, -0.2) is 9.07 Å². The molecule has 1 N–H and O–H groups in total. The molecule has 128 valence electrons. The van der Waals surface area contributed by atoms with Crippen LogP contribution in [-0.4, -0.2) is 29.8 Å². The second-order valence-corrected chi connectivity index (χ2v) is 5.87. The summed E-state index contributed by atoms with van der Waals surface area (Å²) in [5.74, 6) is -0.563. The summed E-state index contributed by atoms with van der Waals surface area (Å²) in [5, 5.41) is 7.08. The van der Waals surface area contributed by atoms with Gasteiger partial charge in [0.05, 0.1) is 5.69 Å². The van der Waals surface area contributed by atoms with Crippen LogP contribution < -0.4 is 10.2 Å². The minimum Gasteiger partial charge on any atom is -0.378 e. The average Bonchev–Trinajstić information content (AvgIpc) is 3.11. The van der Waals surface area contributed by atoms with E-state index in [9.17, 15) is 9.18 Å². The molecule has 0 saturated heterocycles. The van der Waals surface area contributed by atoms with Crippen molar-refractivity contribution in [1.29, 1.82) is 0 Å². The molecule has 5 nitrogen and oxygen atoms in total. The van der Waals surface area contributed by atoms with Gasteiger partial charge in [0.1, 0.15) is 5.82 Å². The first-order valence-corrected chi connectivity index (χ1v) is 7.89. The highest BCUT2D eigenvalue weighted by molar-refractivity contribution is 5.92. The summed E-state index contributed by atoms with van der Waals surface area (Å²) in [6.07, 6.45) is 1.67. The number of anilines is 1. The molecule has 2 aromatic carbocycles. The highest BCUT2D eigenvalue weighted by Crippen LogP contribution is 2.12. The molecule has 1 heterocycles. The summed E-state index contributed by atoms with van der Waals surface area (Å²) in [4.78, 5) is 14.3. The molecule has 0 aliphatic heterocycles. The highest BCUT2D eigenvalue weighted by atomic mass is 19.1. The minimum atomic E-state index is -0.311. The number of halogens is 1. The summed E-state index contributed by atoms with van der Waals surface area (Å²) in [5.41, 5.74) is 3.12. The molecule has 0 radical (unpaired) electrons. The summed E-state index contributed by atoms with van der Waals surface area (Å²) in [7, 11) is 3.96. The monoisotopic (exact) mass is 338 g/mol. The molecule has 25 heavy (non-hydrogen) atoms. The van der Waals surface area contributed by atoms with Crippen molar-refractivity contribution in [1.82, 2.24) is 15.1 Å². The molecule has 0 unspecified atom stereocenters. The number of amides is 1. The Kier molecular flexibility index (Phi) is 4.79. The lowest BCUT2D eigenvalue weighted by Crippen LogP contribution is -2.23. The van der Waals surface area contributed by atoms with Crippen LogP contribution in [0, 0.1) is 5.82 Å². The molecule has 0 aliphatic carbocycles. The van der Waals surface area contributed by atoms with Gasteiger partial charge in [0.2, 0.25) is 0 Å². The predicted molar refractivity (Wildman–Crippen MR) is 95.5 cm³/mol. The molecular formula is C19H19FN4O. The zero-order valence-corrected chi connectivity index (χ0v) is 14.1. The maximum Gasteiger partial charge on any atom is 0.272 e. The third-order valence-corrected chi connectivity index (χ3v) is 3.82. The molecule has 3 aromatic rings. The quantitative estimate of drug-likeness (QED) is 0.778. The normalized spacial score (nSPS) is 10.5. The van der Waals surface area contributed by atoms with Gasteiger partial charge in [-0.05, 0) is 48.0 Å². The van der Waals surface area contributed by atoms with Crippen LogP contribution in [-0.2, 0) is 6.54 Å². The van der Waals surface area contributed by atoms with Gasteiger partial charge < -0.3 is 10.2 Å². The number of hydrogen-bond donors (Lipinski definition) is 1. The molecule has 0 atom stereocenters. The van der Waals surface area contributed by atoms with Crippen LogP contribution in [0.15, 0.2) is 60.8 Å². The second kappa shape index (κ2) is 7.17. The first-order valence-electron chi connectivity index (χ1n) is 7.89. The smallest absolute Gasteiger partial charge is 0.272 e. The molecule has 0 spiro atoms. The average molecular weight is 338 g/mol. The Hall–Kier alpha value is -3.15. The third kappa shape index (κ3) is 4.03. The Morgan fingerprint density at radius 3 is 2.40 bits per heavy atom. The number of benzene rings is 2. The van der Waals surface area contributed by atoms with E-state index < -0.39 is 0 Å². The Morgan fingerprint density at radius 2 is 1.76 bits per heavy atom. The van der Waals surface area contributed by atoms with Crippen molar-refractivity contribution in [3.05, 3.63) is 77.9 Å². The lowest BCUT2D eigenvalue weighted by molar-refractivity contribution is 0.0945. The van der Waals surface area contributed by atoms with Crippen LogP contribution >= 0.6 is 0 Å². The van der Waals surface area contributed by atoms with E-state index in [1.165, 1.54) is 12.1 Å².